The molecule has 0 heterocycles. The third-order valence-electron chi connectivity index (χ3n) is 3.46. The third kappa shape index (κ3) is 8.15. The minimum absolute atomic E-state index is 0.0622. The molecule has 0 bridgehead atoms. The standard InChI is InChI=1S/C15H31N3O2/c1-11(2)10-12(14(20)17-5)18-13(19)6-7-15(3,4)8-9-16/h11-12H,6-10,16H2,1-5H3,(H,17,20)(H,18,19). The van der Waals surface area contributed by atoms with E-state index in [0.717, 1.165) is 12.8 Å². The van der Waals surface area contributed by atoms with Gasteiger partial charge < -0.3 is 16.4 Å². The molecule has 0 spiro atoms. The number of carbonyl (C=O) groups excluding carboxylic acids is 2. The molecule has 0 aromatic heterocycles. The Morgan fingerprint density at radius 3 is 2.25 bits per heavy atom. The predicted molar refractivity (Wildman–Crippen MR) is 82.1 cm³/mol. The molecule has 0 saturated heterocycles. The number of nitrogens with one attached hydrogen (secondary N) is 2. The first-order valence-corrected chi connectivity index (χ1v) is 7.43. The van der Waals surface area contributed by atoms with Gasteiger partial charge in [0.15, 0.2) is 0 Å². The van der Waals surface area contributed by atoms with Crippen LogP contribution < -0.4 is 16.4 Å². The van der Waals surface area contributed by atoms with Crippen molar-refractivity contribution in [2.45, 2.75) is 59.4 Å². The quantitative estimate of drug-likeness (QED) is 0.599. The topological polar surface area (TPSA) is 84.2 Å². The van der Waals surface area contributed by atoms with Crippen LogP contribution in [0.25, 0.3) is 0 Å². The highest BCUT2D eigenvalue weighted by atomic mass is 16.2. The first-order valence-electron chi connectivity index (χ1n) is 7.43. The molecule has 118 valence electrons. The van der Waals surface area contributed by atoms with E-state index >= 15 is 0 Å². The largest absolute Gasteiger partial charge is 0.357 e. The number of carbonyl (C=O) groups is 2. The lowest BCUT2D eigenvalue weighted by molar-refractivity contribution is -0.129. The molecule has 0 aliphatic carbocycles. The summed E-state index contributed by atoms with van der Waals surface area (Å²) in [5.41, 5.74) is 5.62. The zero-order chi connectivity index (χ0) is 15.8. The van der Waals surface area contributed by atoms with E-state index in [1.807, 2.05) is 13.8 Å². The van der Waals surface area contributed by atoms with Crippen molar-refractivity contribution < 1.29 is 9.59 Å². The number of likely N-dealkylation sites (N-methyl/N-ethyl adjacent to an activating group) is 1. The number of hydrogen-bond donors (Lipinski definition) is 3. The molecule has 0 aromatic carbocycles. The number of rotatable bonds is 9. The van der Waals surface area contributed by atoms with E-state index in [4.69, 9.17) is 5.73 Å². The molecule has 4 N–H and O–H groups in total. The van der Waals surface area contributed by atoms with Crippen LogP contribution in [0.3, 0.4) is 0 Å². The van der Waals surface area contributed by atoms with Crippen molar-refractivity contribution in [1.82, 2.24) is 10.6 Å². The Morgan fingerprint density at radius 2 is 1.80 bits per heavy atom. The Bertz CT molecular complexity index is 314. The van der Waals surface area contributed by atoms with Crippen LogP contribution in [0.1, 0.15) is 53.4 Å². The van der Waals surface area contributed by atoms with Crippen LogP contribution in [0.15, 0.2) is 0 Å². The molecule has 2 amide bonds. The summed E-state index contributed by atoms with van der Waals surface area (Å²) in [6, 6.07) is -0.440. The first kappa shape index (κ1) is 18.9. The molecular weight excluding hydrogens is 254 g/mol. The molecule has 0 saturated carbocycles. The summed E-state index contributed by atoms with van der Waals surface area (Å²) in [6.07, 6.45) is 2.75. The van der Waals surface area contributed by atoms with E-state index in [9.17, 15) is 9.59 Å². The van der Waals surface area contributed by atoms with E-state index < -0.39 is 6.04 Å². The highest BCUT2D eigenvalue weighted by Gasteiger charge is 2.23. The first-order chi connectivity index (χ1) is 9.21. The number of hydrogen-bond acceptors (Lipinski definition) is 3. The van der Waals surface area contributed by atoms with E-state index in [0.29, 0.717) is 25.3 Å². The van der Waals surface area contributed by atoms with Crippen LogP contribution in [-0.2, 0) is 9.59 Å². The Morgan fingerprint density at radius 1 is 1.20 bits per heavy atom. The van der Waals surface area contributed by atoms with Gasteiger partial charge >= 0.3 is 0 Å². The van der Waals surface area contributed by atoms with E-state index in [-0.39, 0.29) is 17.2 Å². The average molecular weight is 285 g/mol. The molecule has 20 heavy (non-hydrogen) atoms. The minimum atomic E-state index is -0.440. The van der Waals surface area contributed by atoms with Gasteiger partial charge in [-0.3, -0.25) is 9.59 Å². The number of amides is 2. The SMILES string of the molecule is CNC(=O)C(CC(C)C)NC(=O)CCC(C)(C)CCN. The Hall–Kier alpha value is -1.10. The molecule has 0 aliphatic heterocycles. The fourth-order valence-corrected chi connectivity index (χ4v) is 2.11. The number of nitrogens with two attached hydrogens (primary N) is 1. The van der Waals surface area contributed by atoms with Gasteiger partial charge in [-0.2, -0.15) is 0 Å². The van der Waals surface area contributed by atoms with E-state index in [2.05, 4.69) is 24.5 Å². The van der Waals surface area contributed by atoms with Gasteiger partial charge in [0, 0.05) is 13.5 Å². The summed E-state index contributed by atoms with van der Waals surface area (Å²) in [4.78, 5) is 23.7. The summed E-state index contributed by atoms with van der Waals surface area (Å²) >= 11 is 0. The van der Waals surface area contributed by atoms with Gasteiger partial charge in [0.1, 0.15) is 6.04 Å². The molecule has 0 aliphatic rings. The normalized spacial score (nSPS) is 13.2. The lowest BCUT2D eigenvalue weighted by atomic mass is 9.84. The Balaban J connectivity index is 4.36. The fraction of sp³-hybridized carbons (Fsp3) is 0.867. The van der Waals surface area contributed by atoms with Crippen LogP contribution in [0.2, 0.25) is 0 Å². The van der Waals surface area contributed by atoms with Crippen LogP contribution in [-0.4, -0.2) is 31.4 Å². The molecule has 0 fully saturated rings. The van der Waals surface area contributed by atoms with Gasteiger partial charge in [0.25, 0.3) is 0 Å². The highest BCUT2D eigenvalue weighted by Crippen LogP contribution is 2.25. The van der Waals surface area contributed by atoms with Gasteiger partial charge in [-0.05, 0) is 37.1 Å². The van der Waals surface area contributed by atoms with Crippen molar-refractivity contribution >= 4 is 11.8 Å². The monoisotopic (exact) mass is 285 g/mol. The second-order valence-electron chi connectivity index (χ2n) is 6.57. The highest BCUT2D eigenvalue weighted by molar-refractivity contribution is 5.87. The van der Waals surface area contributed by atoms with Crippen molar-refractivity contribution in [3.8, 4) is 0 Å². The van der Waals surface area contributed by atoms with Crippen molar-refractivity contribution in [1.29, 1.82) is 0 Å². The van der Waals surface area contributed by atoms with Gasteiger partial charge in [-0.15, -0.1) is 0 Å². The van der Waals surface area contributed by atoms with Crippen molar-refractivity contribution in [3.63, 3.8) is 0 Å². The molecule has 0 rings (SSSR count). The van der Waals surface area contributed by atoms with Crippen molar-refractivity contribution in [2.24, 2.45) is 17.1 Å². The second kappa shape index (κ2) is 8.95. The van der Waals surface area contributed by atoms with Crippen LogP contribution in [0, 0.1) is 11.3 Å². The maximum absolute atomic E-state index is 12.0. The van der Waals surface area contributed by atoms with Gasteiger partial charge in [0.2, 0.25) is 11.8 Å². The maximum atomic E-state index is 12.0. The molecule has 0 aromatic rings. The second-order valence-corrected chi connectivity index (χ2v) is 6.57. The molecule has 5 nitrogen and oxygen atoms in total. The zero-order valence-electron chi connectivity index (χ0n) is 13.6. The van der Waals surface area contributed by atoms with E-state index in [1.165, 1.54) is 0 Å². The Kier molecular flexibility index (Phi) is 8.46. The summed E-state index contributed by atoms with van der Waals surface area (Å²) in [6.45, 7) is 8.91. The minimum Gasteiger partial charge on any atom is -0.357 e. The molecular formula is C15H31N3O2. The third-order valence-corrected chi connectivity index (χ3v) is 3.46. The van der Waals surface area contributed by atoms with Crippen LogP contribution in [0.4, 0.5) is 0 Å². The summed E-state index contributed by atoms with van der Waals surface area (Å²) in [5, 5.41) is 5.43. The fourth-order valence-electron chi connectivity index (χ4n) is 2.11. The van der Waals surface area contributed by atoms with Crippen LogP contribution >= 0.6 is 0 Å². The summed E-state index contributed by atoms with van der Waals surface area (Å²) in [5.74, 6) is 0.156. The van der Waals surface area contributed by atoms with E-state index in [1.54, 1.807) is 7.05 Å². The summed E-state index contributed by atoms with van der Waals surface area (Å²) < 4.78 is 0. The van der Waals surface area contributed by atoms with Gasteiger partial charge in [-0.25, -0.2) is 0 Å². The van der Waals surface area contributed by atoms with Gasteiger partial charge in [-0.1, -0.05) is 27.7 Å². The molecule has 1 atom stereocenters. The smallest absolute Gasteiger partial charge is 0.242 e. The molecule has 1 unspecified atom stereocenters. The maximum Gasteiger partial charge on any atom is 0.242 e. The zero-order valence-corrected chi connectivity index (χ0v) is 13.6. The molecule has 0 radical (unpaired) electrons. The Labute approximate surface area is 123 Å². The molecule has 5 heteroatoms. The lowest BCUT2D eigenvalue weighted by Crippen LogP contribution is -2.46. The van der Waals surface area contributed by atoms with Crippen LogP contribution in [0.5, 0.6) is 0 Å². The summed E-state index contributed by atoms with van der Waals surface area (Å²) in [7, 11) is 1.59. The van der Waals surface area contributed by atoms with Crippen molar-refractivity contribution in [3.05, 3.63) is 0 Å². The van der Waals surface area contributed by atoms with Gasteiger partial charge in [0.05, 0.1) is 0 Å². The average Bonchev–Trinajstić information content (AvgIpc) is 2.34. The predicted octanol–water partition coefficient (Wildman–Crippen LogP) is 1.42. The van der Waals surface area contributed by atoms with Crippen molar-refractivity contribution in [2.75, 3.05) is 13.6 Å². The lowest BCUT2D eigenvalue weighted by Gasteiger charge is -2.24.